The summed E-state index contributed by atoms with van der Waals surface area (Å²) in [6, 6.07) is 7.34. The van der Waals surface area contributed by atoms with Gasteiger partial charge in [-0.1, -0.05) is 11.6 Å². The van der Waals surface area contributed by atoms with Gasteiger partial charge in [-0.05, 0) is 43.1 Å². The van der Waals surface area contributed by atoms with Gasteiger partial charge in [0.1, 0.15) is 11.0 Å². The van der Waals surface area contributed by atoms with Gasteiger partial charge in [0.05, 0.1) is 10.6 Å². The molecule has 7 nitrogen and oxygen atoms in total. The van der Waals surface area contributed by atoms with Gasteiger partial charge >= 0.3 is 0 Å². The van der Waals surface area contributed by atoms with E-state index in [1.165, 1.54) is 11.9 Å². The van der Waals surface area contributed by atoms with Gasteiger partial charge in [0, 0.05) is 25.0 Å². The number of anilines is 1. The number of aromatic nitrogens is 5. The minimum atomic E-state index is 0.500. The third-order valence-electron chi connectivity index (χ3n) is 3.53. The van der Waals surface area contributed by atoms with E-state index in [0.29, 0.717) is 28.1 Å². The molecule has 1 N–H and O–H groups in total. The van der Waals surface area contributed by atoms with Crippen LogP contribution < -0.4 is 4.72 Å². The van der Waals surface area contributed by atoms with Crippen molar-refractivity contribution in [2.24, 2.45) is 7.05 Å². The monoisotopic (exact) mass is 372 g/mol. The molecule has 0 saturated carbocycles. The van der Waals surface area contributed by atoms with Crippen LogP contribution in [0.2, 0.25) is 5.15 Å². The minimum absolute atomic E-state index is 0.500. The Kier molecular flexibility index (Phi) is 4.06. The maximum atomic E-state index is 6.24. The Morgan fingerprint density at radius 1 is 1.24 bits per heavy atom. The first-order valence-corrected chi connectivity index (χ1v) is 8.61. The van der Waals surface area contributed by atoms with Crippen LogP contribution in [0.25, 0.3) is 22.7 Å². The second-order valence-electron chi connectivity index (χ2n) is 5.31. The van der Waals surface area contributed by atoms with E-state index in [0.717, 1.165) is 16.2 Å². The Bertz CT molecular complexity index is 1030. The smallest absolute Gasteiger partial charge is 0.229 e. The maximum absolute atomic E-state index is 6.24. The summed E-state index contributed by atoms with van der Waals surface area (Å²) in [5, 5.41) is 4.86. The third kappa shape index (κ3) is 3.06. The number of fused-ring (bicyclic) bond motifs is 1. The zero-order valence-electron chi connectivity index (χ0n) is 13.4. The lowest BCUT2D eigenvalue weighted by Crippen LogP contribution is -1.92. The number of rotatable bonds is 4. The molecule has 25 heavy (non-hydrogen) atoms. The van der Waals surface area contributed by atoms with Gasteiger partial charge < -0.3 is 9.14 Å². The summed E-state index contributed by atoms with van der Waals surface area (Å²) < 4.78 is 10.6. The van der Waals surface area contributed by atoms with Gasteiger partial charge in [0.2, 0.25) is 5.89 Å². The minimum Gasteiger partial charge on any atom is -0.434 e. The van der Waals surface area contributed by atoms with Gasteiger partial charge in [-0.3, -0.25) is 4.68 Å². The highest BCUT2D eigenvalue weighted by molar-refractivity contribution is 8.00. The third-order valence-corrected chi connectivity index (χ3v) is 5.08. The first-order chi connectivity index (χ1) is 12.1. The van der Waals surface area contributed by atoms with Gasteiger partial charge in [-0.25, -0.2) is 9.97 Å². The van der Waals surface area contributed by atoms with Crippen LogP contribution in [0.1, 0.15) is 5.69 Å². The number of nitrogens with zero attached hydrogens (tertiary/aromatic N) is 5. The standard InChI is InChI=1S/C16H13ClN6OS/c1-9-13(14(17)23(2)21-9)25-22-12-8-10(5-7-18-12)16-20-15-11(24-16)4-3-6-19-15/h3-8H,1-2H3,(H,18,22). The van der Waals surface area contributed by atoms with E-state index in [-0.39, 0.29) is 0 Å². The average Bonchev–Trinajstić information content (AvgIpc) is 3.15. The fraction of sp³-hybridized carbons (Fsp3) is 0.125. The number of halogens is 1. The maximum Gasteiger partial charge on any atom is 0.229 e. The number of nitrogens with one attached hydrogen (secondary N) is 1. The fourth-order valence-electron chi connectivity index (χ4n) is 2.34. The SMILES string of the molecule is Cc1nn(C)c(Cl)c1SNc1cc(-c2nc3ncccc3o2)ccn1. The summed E-state index contributed by atoms with van der Waals surface area (Å²) >= 11 is 7.61. The molecular formula is C16H13ClN6OS. The molecule has 0 aliphatic carbocycles. The predicted octanol–water partition coefficient (Wildman–Crippen LogP) is 4.10. The summed E-state index contributed by atoms with van der Waals surface area (Å²) in [5.41, 5.74) is 2.89. The normalized spacial score (nSPS) is 11.2. The number of oxazole rings is 1. The molecule has 0 aliphatic heterocycles. The van der Waals surface area contributed by atoms with Gasteiger partial charge in [0.25, 0.3) is 0 Å². The van der Waals surface area contributed by atoms with Gasteiger partial charge in [-0.2, -0.15) is 10.1 Å². The summed E-state index contributed by atoms with van der Waals surface area (Å²) in [7, 11) is 1.81. The number of hydrogen-bond acceptors (Lipinski definition) is 7. The molecule has 4 rings (SSSR count). The van der Waals surface area contributed by atoms with Crippen LogP contribution in [0.5, 0.6) is 0 Å². The van der Waals surface area contributed by atoms with E-state index in [1.54, 1.807) is 24.1 Å². The van der Waals surface area contributed by atoms with Crippen LogP contribution in [0.4, 0.5) is 5.82 Å². The van der Waals surface area contributed by atoms with E-state index in [9.17, 15) is 0 Å². The topological polar surface area (TPSA) is 81.7 Å². The largest absolute Gasteiger partial charge is 0.434 e. The molecule has 0 atom stereocenters. The van der Waals surface area contributed by atoms with Crippen molar-refractivity contribution in [3.8, 4) is 11.5 Å². The van der Waals surface area contributed by atoms with Crippen molar-refractivity contribution in [1.82, 2.24) is 24.7 Å². The van der Waals surface area contributed by atoms with Crippen LogP contribution in [-0.2, 0) is 7.05 Å². The van der Waals surface area contributed by atoms with E-state index < -0.39 is 0 Å². The van der Waals surface area contributed by atoms with E-state index in [4.69, 9.17) is 16.0 Å². The van der Waals surface area contributed by atoms with Crippen LogP contribution in [0, 0.1) is 6.92 Å². The van der Waals surface area contributed by atoms with Crippen molar-refractivity contribution in [3.05, 3.63) is 47.5 Å². The van der Waals surface area contributed by atoms with Gasteiger partial charge in [0.15, 0.2) is 11.2 Å². The molecular weight excluding hydrogens is 360 g/mol. The quantitative estimate of drug-likeness (QED) is 0.540. The summed E-state index contributed by atoms with van der Waals surface area (Å²) in [6.45, 7) is 1.91. The van der Waals surface area contributed by atoms with Crippen LogP contribution in [0.3, 0.4) is 0 Å². The molecule has 126 valence electrons. The zero-order chi connectivity index (χ0) is 17.4. The molecule has 4 aromatic rings. The number of hydrogen-bond donors (Lipinski definition) is 1. The molecule has 0 fully saturated rings. The van der Waals surface area contributed by atoms with E-state index in [1.807, 2.05) is 31.2 Å². The molecule has 0 radical (unpaired) electrons. The molecule has 0 bridgehead atoms. The Morgan fingerprint density at radius 2 is 2.12 bits per heavy atom. The molecule has 4 heterocycles. The van der Waals surface area contributed by atoms with Gasteiger partial charge in [-0.15, -0.1) is 0 Å². The van der Waals surface area contributed by atoms with Crippen LogP contribution >= 0.6 is 23.5 Å². The summed E-state index contributed by atoms with van der Waals surface area (Å²) in [6.07, 6.45) is 3.38. The van der Waals surface area contributed by atoms with Crippen molar-refractivity contribution in [2.75, 3.05) is 4.72 Å². The molecule has 4 aromatic heterocycles. The van der Waals surface area contributed by atoms with Crippen molar-refractivity contribution in [2.45, 2.75) is 11.8 Å². The molecule has 0 aliphatic rings. The van der Waals surface area contributed by atoms with E-state index in [2.05, 4.69) is 24.8 Å². The second kappa shape index (κ2) is 6.38. The first-order valence-electron chi connectivity index (χ1n) is 7.42. The number of pyridine rings is 2. The predicted molar refractivity (Wildman–Crippen MR) is 97.5 cm³/mol. The zero-order valence-corrected chi connectivity index (χ0v) is 15.0. The molecule has 0 aromatic carbocycles. The number of aryl methyl sites for hydroxylation is 2. The van der Waals surface area contributed by atoms with Crippen molar-refractivity contribution < 1.29 is 4.42 Å². The van der Waals surface area contributed by atoms with Crippen LogP contribution in [0.15, 0.2) is 46.0 Å². The Labute approximate surface area is 152 Å². The second-order valence-corrected chi connectivity index (χ2v) is 6.48. The van der Waals surface area contributed by atoms with Crippen molar-refractivity contribution >= 4 is 40.6 Å². The fourth-order valence-corrected chi connectivity index (χ4v) is 3.36. The molecule has 9 heteroatoms. The highest BCUT2D eigenvalue weighted by Gasteiger charge is 2.13. The Hall–Kier alpha value is -2.58. The lowest BCUT2D eigenvalue weighted by Gasteiger charge is -2.05. The highest BCUT2D eigenvalue weighted by atomic mass is 35.5. The Morgan fingerprint density at radius 3 is 2.88 bits per heavy atom. The molecule has 0 spiro atoms. The average molecular weight is 373 g/mol. The van der Waals surface area contributed by atoms with Crippen LogP contribution in [-0.4, -0.2) is 24.7 Å². The lowest BCUT2D eigenvalue weighted by molar-refractivity contribution is 0.619. The van der Waals surface area contributed by atoms with Crippen molar-refractivity contribution in [1.29, 1.82) is 0 Å². The summed E-state index contributed by atoms with van der Waals surface area (Å²) in [4.78, 5) is 13.8. The summed E-state index contributed by atoms with van der Waals surface area (Å²) in [5.74, 6) is 1.16. The lowest BCUT2D eigenvalue weighted by atomic mass is 10.2. The molecule has 0 amide bonds. The Balaban J connectivity index is 1.59. The van der Waals surface area contributed by atoms with E-state index >= 15 is 0 Å². The first kappa shape index (κ1) is 15.9. The highest BCUT2D eigenvalue weighted by Crippen LogP contribution is 2.31. The molecule has 0 unspecified atom stereocenters. The van der Waals surface area contributed by atoms with Crippen molar-refractivity contribution in [3.63, 3.8) is 0 Å². The molecule has 0 saturated heterocycles.